The molecular weight excluding hydrogens is 271 g/mol. The molecule has 108 valence electrons. The van der Waals surface area contributed by atoms with Gasteiger partial charge >= 0.3 is 0 Å². The Bertz CT molecular complexity index is 756. The number of fused-ring (bicyclic) bond motifs is 1. The lowest BCUT2D eigenvalue weighted by Crippen LogP contribution is -2.04. The summed E-state index contributed by atoms with van der Waals surface area (Å²) in [7, 11) is 1.67. The zero-order chi connectivity index (χ0) is 14.7. The topological polar surface area (TPSA) is 51.5 Å². The van der Waals surface area contributed by atoms with Gasteiger partial charge in [0.1, 0.15) is 5.82 Å². The number of nitrogens with one attached hydrogen (secondary N) is 1. The third-order valence-electron chi connectivity index (χ3n) is 3.15. The maximum atomic E-state index is 13.1. The molecule has 0 bridgehead atoms. The van der Waals surface area contributed by atoms with E-state index in [9.17, 15) is 4.39 Å². The molecule has 0 saturated carbocycles. The highest BCUT2D eigenvalue weighted by Crippen LogP contribution is 2.12. The number of hydrogen-bond acceptors (Lipinski definition) is 4. The van der Waals surface area contributed by atoms with E-state index in [-0.39, 0.29) is 5.82 Å². The largest absolute Gasteiger partial charge is 0.380 e. The van der Waals surface area contributed by atoms with Crippen LogP contribution in [0.4, 0.5) is 10.3 Å². The van der Waals surface area contributed by atoms with Gasteiger partial charge < -0.3 is 10.1 Å². The third kappa shape index (κ3) is 3.00. The summed E-state index contributed by atoms with van der Waals surface area (Å²) in [5.74, 6) is 0.122. The second-order valence-corrected chi connectivity index (χ2v) is 4.64. The van der Waals surface area contributed by atoms with Crippen LogP contribution in [0.5, 0.6) is 0 Å². The fourth-order valence-corrected chi connectivity index (χ4v) is 2.13. The lowest BCUT2D eigenvalue weighted by Gasteiger charge is -2.08. The highest BCUT2D eigenvalue weighted by Gasteiger charge is 2.06. The molecule has 6 heteroatoms. The van der Waals surface area contributed by atoms with Crippen LogP contribution in [-0.4, -0.2) is 21.7 Å². The zero-order valence-corrected chi connectivity index (χ0v) is 11.6. The van der Waals surface area contributed by atoms with E-state index in [2.05, 4.69) is 15.4 Å². The van der Waals surface area contributed by atoms with Crippen molar-refractivity contribution in [3.05, 3.63) is 59.5 Å². The molecule has 0 fully saturated rings. The van der Waals surface area contributed by atoms with Gasteiger partial charge in [0.2, 0.25) is 5.95 Å². The van der Waals surface area contributed by atoms with Crippen molar-refractivity contribution in [2.45, 2.75) is 13.2 Å². The maximum absolute atomic E-state index is 13.1. The van der Waals surface area contributed by atoms with Crippen LogP contribution < -0.4 is 5.32 Å². The van der Waals surface area contributed by atoms with Crippen LogP contribution in [0.2, 0.25) is 0 Å². The minimum atomic E-state index is -0.343. The van der Waals surface area contributed by atoms with Crippen molar-refractivity contribution in [2.24, 2.45) is 0 Å². The van der Waals surface area contributed by atoms with E-state index < -0.39 is 0 Å². The molecule has 0 saturated heterocycles. The van der Waals surface area contributed by atoms with Crippen LogP contribution >= 0.6 is 0 Å². The van der Waals surface area contributed by atoms with Gasteiger partial charge in [-0.15, -0.1) is 5.10 Å². The number of rotatable bonds is 5. The van der Waals surface area contributed by atoms with Crippen LogP contribution in [0, 0.1) is 5.82 Å². The molecular formula is C15H15FN4O. The van der Waals surface area contributed by atoms with Crippen molar-refractivity contribution in [2.75, 3.05) is 12.4 Å². The highest BCUT2D eigenvalue weighted by atomic mass is 19.1. The minimum absolute atomic E-state index is 0.343. The van der Waals surface area contributed by atoms with Gasteiger partial charge in [-0.2, -0.15) is 4.98 Å². The lowest BCUT2D eigenvalue weighted by atomic mass is 10.1. The summed E-state index contributed by atoms with van der Waals surface area (Å²) in [5, 5.41) is 7.34. The molecule has 0 aliphatic carbocycles. The number of aromatic nitrogens is 3. The standard InChI is InChI=1S/C15H15FN4O/c1-21-10-12-5-3-2-4-11(12)8-17-15-18-14-7-6-13(16)9-20(14)19-15/h2-7,9H,8,10H2,1H3,(H,17,19). The van der Waals surface area contributed by atoms with Crippen molar-refractivity contribution in [1.29, 1.82) is 0 Å². The normalized spacial score (nSPS) is 11.0. The number of anilines is 1. The molecule has 0 unspecified atom stereocenters. The Kier molecular flexibility index (Phi) is 3.79. The fourth-order valence-electron chi connectivity index (χ4n) is 2.13. The smallest absolute Gasteiger partial charge is 0.243 e. The number of hydrogen-bond donors (Lipinski definition) is 1. The third-order valence-corrected chi connectivity index (χ3v) is 3.15. The summed E-state index contributed by atoms with van der Waals surface area (Å²) in [6, 6.07) is 10.9. The summed E-state index contributed by atoms with van der Waals surface area (Å²) < 4.78 is 19.7. The number of halogens is 1. The van der Waals surface area contributed by atoms with Crippen LogP contribution in [0.1, 0.15) is 11.1 Å². The molecule has 0 spiro atoms. The number of nitrogens with zero attached hydrogens (tertiary/aromatic N) is 3. The van der Waals surface area contributed by atoms with E-state index >= 15 is 0 Å². The van der Waals surface area contributed by atoms with Gasteiger partial charge in [0, 0.05) is 13.7 Å². The lowest BCUT2D eigenvalue weighted by molar-refractivity contribution is 0.184. The first-order valence-electron chi connectivity index (χ1n) is 6.58. The molecule has 0 atom stereocenters. The molecule has 0 aliphatic rings. The molecule has 3 aromatic rings. The van der Waals surface area contributed by atoms with E-state index in [0.29, 0.717) is 24.7 Å². The average Bonchev–Trinajstić information content (AvgIpc) is 2.88. The van der Waals surface area contributed by atoms with E-state index in [4.69, 9.17) is 4.74 Å². The van der Waals surface area contributed by atoms with Crippen molar-refractivity contribution < 1.29 is 9.13 Å². The number of methoxy groups -OCH3 is 1. The van der Waals surface area contributed by atoms with Crippen LogP contribution in [0.15, 0.2) is 42.6 Å². The number of ether oxygens (including phenoxy) is 1. The van der Waals surface area contributed by atoms with E-state index in [1.807, 2.05) is 24.3 Å². The molecule has 5 nitrogen and oxygen atoms in total. The SMILES string of the molecule is COCc1ccccc1CNc1nc2ccc(F)cn2n1. The first kappa shape index (κ1) is 13.5. The summed E-state index contributed by atoms with van der Waals surface area (Å²) in [6.07, 6.45) is 1.30. The first-order chi connectivity index (χ1) is 10.3. The fraction of sp³-hybridized carbons (Fsp3) is 0.200. The first-order valence-corrected chi connectivity index (χ1v) is 6.58. The van der Waals surface area contributed by atoms with Gasteiger partial charge in [-0.05, 0) is 23.3 Å². The summed E-state index contributed by atoms with van der Waals surface area (Å²) in [6.45, 7) is 1.14. The van der Waals surface area contributed by atoms with Crippen molar-refractivity contribution in [1.82, 2.24) is 14.6 Å². The van der Waals surface area contributed by atoms with Crippen molar-refractivity contribution in [3.63, 3.8) is 0 Å². The monoisotopic (exact) mass is 286 g/mol. The molecule has 21 heavy (non-hydrogen) atoms. The molecule has 2 heterocycles. The summed E-state index contributed by atoms with van der Waals surface area (Å²) in [4.78, 5) is 4.29. The second kappa shape index (κ2) is 5.88. The van der Waals surface area contributed by atoms with Gasteiger partial charge in [0.25, 0.3) is 0 Å². The quantitative estimate of drug-likeness (QED) is 0.783. The second-order valence-electron chi connectivity index (χ2n) is 4.64. The van der Waals surface area contributed by atoms with Crippen LogP contribution in [-0.2, 0) is 17.9 Å². The van der Waals surface area contributed by atoms with Gasteiger partial charge in [-0.3, -0.25) is 0 Å². The number of pyridine rings is 1. The van der Waals surface area contributed by atoms with Gasteiger partial charge in [0.15, 0.2) is 5.65 Å². The Balaban J connectivity index is 1.77. The zero-order valence-electron chi connectivity index (χ0n) is 11.6. The summed E-state index contributed by atoms with van der Waals surface area (Å²) >= 11 is 0. The predicted octanol–water partition coefficient (Wildman–Crippen LogP) is 2.63. The predicted molar refractivity (Wildman–Crippen MR) is 77.4 cm³/mol. The molecule has 2 aromatic heterocycles. The Morgan fingerprint density at radius 2 is 2.00 bits per heavy atom. The summed E-state index contributed by atoms with van der Waals surface area (Å²) in [5.41, 5.74) is 2.83. The Morgan fingerprint density at radius 1 is 1.19 bits per heavy atom. The van der Waals surface area contributed by atoms with E-state index in [1.165, 1.54) is 16.8 Å². The van der Waals surface area contributed by atoms with E-state index in [1.54, 1.807) is 13.2 Å². The number of benzene rings is 1. The maximum Gasteiger partial charge on any atom is 0.243 e. The van der Waals surface area contributed by atoms with Crippen LogP contribution in [0.3, 0.4) is 0 Å². The molecule has 0 aliphatic heterocycles. The van der Waals surface area contributed by atoms with Gasteiger partial charge in [-0.25, -0.2) is 8.91 Å². The molecule has 3 rings (SSSR count). The van der Waals surface area contributed by atoms with E-state index in [0.717, 1.165) is 11.1 Å². The van der Waals surface area contributed by atoms with Crippen molar-refractivity contribution in [3.8, 4) is 0 Å². The Hall–Kier alpha value is -2.47. The molecule has 0 radical (unpaired) electrons. The molecule has 1 N–H and O–H groups in total. The van der Waals surface area contributed by atoms with Crippen LogP contribution in [0.25, 0.3) is 5.65 Å². The Morgan fingerprint density at radius 3 is 2.81 bits per heavy atom. The van der Waals surface area contributed by atoms with Gasteiger partial charge in [-0.1, -0.05) is 24.3 Å². The molecule has 1 aromatic carbocycles. The minimum Gasteiger partial charge on any atom is -0.380 e. The van der Waals surface area contributed by atoms with Gasteiger partial charge in [0.05, 0.1) is 12.8 Å². The molecule has 0 amide bonds. The van der Waals surface area contributed by atoms with Crippen molar-refractivity contribution >= 4 is 11.6 Å². The Labute approximate surface area is 121 Å². The highest BCUT2D eigenvalue weighted by molar-refractivity contribution is 5.43. The average molecular weight is 286 g/mol.